The van der Waals surface area contributed by atoms with Gasteiger partial charge in [0.2, 0.25) is 10.0 Å². The van der Waals surface area contributed by atoms with Crippen LogP contribution in [0.5, 0.6) is 5.75 Å². The number of hydrogen-bond acceptors (Lipinski definition) is 6. The Hall–Kier alpha value is -1.97. The number of benzene rings is 1. The molecule has 2 rings (SSSR count). The first-order valence-electron chi connectivity index (χ1n) is 5.74. The molecule has 0 saturated heterocycles. The summed E-state index contributed by atoms with van der Waals surface area (Å²) in [6.45, 7) is -0.0632. The van der Waals surface area contributed by atoms with Gasteiger partial charge in [-0.15, -0.1) is 11.3 Å². The molecule has 0 spiro atoms. The van der Waals surface area contributed by atoms with E-state index in [0.717, 1.165) is 11.3 Å². The third-order valence-electron chi connectivity index (χ3n) is 2.55. The molecule has 0 bridgehead atoms. The Balaban J connectivity index is 2.07. The molecule has 9 heteroatoms. The fourth-order valence-corrected chi connectivity index (χ4v) is 3.27. The third-order valence-corrected chi connectivity index (χ3v) is 4.82. The highest BCUT2D eigenvalue weighted by atomic mass is 32.2. The van der Waals surface area contributed by atoms with Gasteiger partial charge in [-0.3, -0.25) is 0 Å². The molecule has 7 nitrogen and oxygen atoms in total. The molecule has 0 fully saturated rings. The predicted molar refractivity (Wildman–Crippen MR) is 76.1 cm³/mol. The van der Waals surface area contributed by atoms with Crippen LogP contribution in [0.25, 0.3) is 0 Å². The zero-order valence-corrected chi connectivity index (χ0v) is 12.6. The van der Waals surface area contributed by atoms with E-state index >= 15 is 0 Å². The van der Waals surface area contributed by atoms with Crippen LogP contribution < -0.4 is 9.46 Å². The molecule has 1 aromatic carbocycles. The maximum atomic E-state index is 12.1. The third kappa shape index (κ3) is 3.78. The van der Waals surface area contributed by atoms with E-state index in [4.69, 9.17) is 9.84 Å². The summed E-state index contributed by atoms with van der Waals surface area (Å²) in [5.41, 5.74) is -0.0985. The molecule has 0 atom stereocenters. The van der Waals surface area contributed by atoms with Crippen molar-refractivity contribution in [2.24, 2.45) is 0 Å². The molecule has 112 valence electrons. The number of nitrogens with one attached hydrogen (secondary N) is 1. The highest BCUT2D eigenvalue weighted by Gasteiger charge is 2.15. The van der Waals surface area contributed by atoms with Crippen molar-refractivity contribution in [3.05, 3.63) is 40.3 Å². The van der Waals surface area contributed by atoms with Crippen LogP contribution in [0.3, 0.4) is 0 Å². The first kappa shape index (κ1) is 15.4. The topological polar surface area (TPSA) is 106 Å². The molecule has 0 amide bonds. The van der Waals surface area contributed by atoms with Gasteiger partial charge < -0.3 is 9.84 Å². The Labute approximate surface area is 125 Å². The maximum absolute atomic E-state index is 12.1. The minimum atomic E-state index is -3.68. The second kappa shape index (κ2) is 6.20. The molecule has 0 aliphatic carbocycles. The normalized spacial score (nSPS) is 11.3. The van der Waals surface area contributed by atoms with E-state index < -0.39 is 16.0 Å². The summed E-state index contributed by atoms with van der Waals surface area (Å²) >= 11 is 1.08. The van der Waals surface area contributed by atoms with Crippen LogP contribution in [0.4, 0.5) is 0 Å². The average Bonchev–Trinajstić information content (AvgIpc) is 2.94. The van der Waals surface area contributed by atoms with Gasteiger partial charge in [-0.25, -0.2) is 22.9 Å². The number of methoxy groups -OCH3 is 1. The van der Waals surface area contributed by atoms with Crippen molar-refractivity contribution >= 4 is 27.3 Å². The van der Waals surface area contributed by atoms with Gasteiger partial charge in [-0.1, -0.05) is 0 Å². The minimum absolute atomic E-state index is 0.0632. The van der Waals surface area contributed by atoms with Crippen molar-refractivity contribution in [3.63, 3.8) is 0 Å². The number of rotatable bonds is 6. The molecule has 1 heterocycles. The van der Waals surface area contributed by atoms with E-state index in [9.17, 15) is 13.2 Å². The summed E-state index contributed by atoms with van der Waals surface area (Å²) < 4.78 is 31.4. The van der Waals surface area contributed by atoms with E-state index in [1.54, 1.807) is 12.1 Å². The van der Waals surface area contributed by atoms with E-state index in [1.165, 1.54) is 24.6 Å². The van der Waals surface area contributed by atoms with Crippen molar-refractivity contribution < 1.29 is 23.1 Å². The Bertz CT molecular complexity index is 737. The molecule has 0 aliphatic heterocycles. The zero-order valence-electron chi connectivity index (χ0n) is 10.9. The average molecular weight is 328 g/mol. The summed E-state index contributed by atoms with van der Waals surface area (Å²) in [5, 5.41) is 10.5. The number of aromatic nitrogens is 1. The van der Waals surface area contributed by atoms with Crippen LogP contribution in [0.2, 0.25) is 0 Å². The molecule has 0 unspecified atom stereocenters. The van der Waals surface area contributed by atoms with Crippen molar-refractivity contribution in [1.82, 2.24) is 9.71 Å². The standard InChI is InChI=1S/C12H12N2O5S2/c1-19-8-2-4-9(5-3-8)21(17,18)13-6-11-14-10(7-20-11)12(15)16/h2-5,7,13H,6H2,1H3,(H,15,16). The summed E-state index contributed by atoms with van der Waals surface area (Å²) in [4.78, 5) is 14.6. The number of nitrogens with zero attached hydrogens (tertiary/aromatic N) is 1. The lowest BCUT2D eigenvalue weighted by molar-refractivity contribution is 0.0691. The maximum Gasteiger partial charge on any atom is 0.355 e. The summed E-state index contributed by atoms with van der Waals surface area (Å²) in [7, 11) is -2.19. The Morgan fingerprint density at radius 3 is 2.57 bits per heavy atom. The number of carboxylic acid groups (broad SMARTS) is 1. The lowest BCUT2D eigenvalue weighted by Crippen LogP contribution is -2.23. The van der Waals surface area contributed by atoms with Crippen molar-refractivity contribution in [1.29, 1.82) is 0 Å². The largest absolute Gasteiger partial charge is 0.497 e. The summed E-state index contributed by atoms with van der Waals surface area (Å²) in [5.74, 6) is -0.588. The van der Waals surface area contributed by atoms with Crippen molar-refractivity contribution in [3.8, 4) is 5.75 Å². The van der Waals surface area contributed by atoms with E-state index in [1.807, 2.05) is 0 Å². The number of carbonyl (C=O) groups is 1. The lowest BCUT2D eigenvalue weighted by atomic mass is 10.3. The fourth-order valence-electron chi connectivity index (χ4n) is 1.49. The predicted octanol–water partition coefficient (Wildman–Crippen LogP) is 1.33. The van der Waals surface area contributed by atoms with Gasteiger partial charge in [0, 0.05) is 5.38 Å². The fraction of sp³-hybridized carbons (Fsp3) is 0.167. The molecule has 0 aliphatic rings. The molecule has 2 N–H and O–H groups in total. The Kier molecular flexibility index (Phi) is 4.56. The van der Waals surface area contributed by atoms with Crippen LogP contribution >= 0.6 is 11.3 Å². The highest BCUT2D eigenvalue weighted by molar-refractivity contribution is 7.89. The summed E-state index contributed by atoms with van der Waals surface area (Å²) in [6, 6.07) is 5.93. The van der Waals surface area contributed by atoms with Gasteiger partial charge in [0.15, 0.2) is 5.69 Å². The van der Waals surface area contributed by atoms with Gasteiger partial charge in [-0.05, 0) is 24.3 Å². The smallest absolute Gasteiger partial charge is 0.355 e. The zero-order chi connectivity index (χ0) is 15.5. The first-order chi connectivity index (χ1) is 9.92. The quantitative estimate of drug-likeness (QED) is 0.828. The molecule has 21 heavy (non-hydrogen) atoms. The van der Waals surface area contributed by atoms with E-state index in [2.05, 4.69) is 9.71 Å². The van der Waals surface area contributed by atoms with Gasteiger partial charge in [0.05, 0.1) is 18.6 Å². The van der Waals surface area contributed by atoms with Crippen molar-refractivity contribution in [2.45, 2.75) is 11.4 Å². The highest BCUT2D eigenvalue weighted by Crippen LogP contribution is 2.16. The molecular formula is C12H12N2O5S2. The van der Waals surface area contributed by atoms with Gasteiger partial charge in [0.1, 0.15) is 10.8 Å². The van der Waals surface area contributed by atoms with E-state index in [0.29, 0.717) is 10.8 Å². The van der Waals surface area contributed by atoms with Crippen LogP contribution in [-0.4, -0.2) is 31.6 Å². The van der Waals surface area contributed by atoms with Gasteiger partial charge in [0.25, 0.3) is 0 Å². The van der Waals surface area contributed by atoms with Crippen LogP contribution in [-0.2, 0) is 16.6 Å². The number of ether oxygens (including phenoxy) is 1. The molecule has 2 aromatic rings. The molecule has 0 saturated carbocycles. The van der Waals surface area contributed by atoms with Crippen LogP contribution in [0.1, 0.15) is 15.5 Å². The van der Waals surface area contributed by atoms with Crippen LogP contribution in [0, 0.1) is 0 Å². The minimum Gasteiger partial charge on any atom is -0.497 e. The number of hydrogen-bond donors (Lipinski definition) is 2. The lowest BCUT2D eigenvalue weighted by Gasteiger charge is -2.06. The Morgan fingerprint density at radius 1 is 1.38 bits per heavy atom. The van der Waals surface area contributed by atoms with Gasteiger partial charge >= 0.3 is 5.97 Å². The second-order valence-electron chi connectivity index (χ2n) is 3.93. The number of thiazole rings is 1. The molecule has 0 radical (unpaired) electrons. The Morgan fingerprint density at radius 2 is 2.05 bits per heavy atom. The monoisotopic (exact) mass is 328 g/mol. The summed E-state index contributed by atoms with van der Waals surface area (Å²) in [6.07, 6.45) is 0. The molecular weight excluding hydrogens is 316 g/mol. The molecule has 1 aromatic heterocycles. The second-order valence-corrected chi connectivity index (χ2v) is 6.64. The first-order valence-corrected chi connectivity index (χ1v) is 8.10. The van der Waals surface area contributed by atoms with Crippen molar-refractivity contribution in [2.75, 3.05) is 7.11 Å². The number of aromatic carboxylic acids is 1. The van der Waals surface area contributed by atoms with E-state index in [-0.39, 0.29) is 17.1 Å². The van der Waals surface area contributed by atoms with Crippen LogP contribution in [0.15, 0.2) is 34.5 Å². The SMILES string of the molecule is COc1ccc(S(=O)(=O)NCc2nc(C(=O)O)cs2)cc1. The number of carboxylic acids is 1. The number of sulfonamides is 1. The van der Waals surface area contributed by atoms with Gasteiger partial charge in [-0.2, -0.15) is 0 Å².